The van der Waals surface area contributed by atoms with E-state index in [2.05, 4.69) is 27.6 Å². The smallest absolute Gasteiger partial charge is 0.328 e. The van der Waals surface area contributed by atoms with E-state index in [1.165, 1.54) is 35.7 Å². The monoisotopic (exact) mass is 492 g/mol. The number of aryl methyl sites for hydroxylation is 4. The highest BCUT2D eigenvalue weighted by atomic mass is 32.2. The largest absolute Gasteiger partial charge is 0.486 e. The predicted octanol–water partition coefficient (Wildman–Crippen LogP) is 3.19. The van der Waals surface area contributed by atoms with Crippen molar-refractivity contribution in [2.45, 2.75) is 37.4 Å². The van der Waals surface area contributed by atoms with Crippen LogP contribution in [0.2, 0.25) is 0 Å². The van der Waals surface area contributed by atoms with Crippen molar-refractivity contribution in [3.05, 3.63) is 63.8 Å². The third-order valence-corrected chi connectivity index (χ3v) is 7.52. The molecule has 10 heteroatoms. The summed E-state index contributed by atoms with van der Waals surface area (Å²) >= 11 is 1.31. The molecular formula is C25H28N6O3S. The zero-order chi connectivity index (χ0) is 24.5. The van der Waals surface area contributed by atoms with Crippen molar-refractivity contribution in [1.82, 2.24) is 23.9 Å². The maximum Gasteiger partial charge on any atom is 0.328 e. The van der Waals surface area contributed by atoms with Crippen molar-refractivity contribution >= 4 is 34.4 Å². The number of amides is 1. The molecular weight excluding hydrogens is 464 g/mol. The summed E-state index contributed by atoms with van der Waals surface area (Å²) < 4.78 is 11.0. The molecule has 1 aliphatic carbocycles. The van der Waals surface area contributed by atoms with Crippen LogP contribution in [-0.4, -0.2) is 35.6 Å². The molecule has 2 aromatic carbocycles. The van der Waals surface area contributed by atoms with E-state index in [4.69, 9.17) is 4.74 Å². The normalized spacial score (nSPS) is 13.1. The summed E-state index contributed by atoms with van der Waals surface area (Å²) in [7, 11) is 5.31. The van der Waals surface area contributed by atoms with Gasteiger partial charge in [-0.3, -0.25) is 13.9 Å². The molecule has 2 aromatic heterocycles. The Morgan fingerprint density at radius 2 is 1.74 bits per heavy atom. The van der Waals surface area contributed by atoms with E-state index in [0.717, 1.165) is 29.6 Å². The number of carbonyl (C=O) groups excluding carboxylic acids is 1. The molecule has 0 aliphatic heterocycles. The highest BCUT2D eigenvalue weighted by Crippen LogP contribution is 2.26. The van der Waals surface area contributed by atoms with Gasteiger partial charge in [-0.2, -0.15) is 0 Å². The highest BCUT2D eigenvalue weighted by molar-refractivity contribution is 7.99. The van der Waals surface area contributed by atoms with Gasteiger partial charge >= 0.3 is 5.69 Å². The van der Waals surface area contributed by atoms with Crippen LogP contribution in [0.15, 0.2) is 46.3 Å². The van der Waals surface area contributed by atoms with Gasteiger partial charge in [0.2, 0.25) is 5.91 Å². The first kappa shape index (κ1) is 23.2. The Kier molecular flexibility index (Phi) is 6.38. The molecule has 1 aliphatic rings. The van der Waals surface area contributed by atoms with Crippen LogP contribution in [0.4, 0.5) is 5.69 Å². The van der Waals surface area contributed by atoms with Crippen LogP contribution in [-0.2, 0) is 45.4 Å². The van der Waals surface area contributed by atoms with Crippen LogP contribution in [0, 0.1) is 0 Å². The standard InChI is InChI=1S/C25H28N6O3S/c1-29-20-11-9-18(13-21(20)30(2)25(29)33)26-23(32)15-35-24-28-27-22(31(24)3)14-34-19-10-8-16-6-4-5-7-17(16)12-19/h8-13H,4-7,14-15H2,1-3H3,(H,26,32). The number of aromatic nitrogens is 5. The number of ether oxygens (including phenoxy) is 1. The van der Waals surface area contributed by atoms with E-state index in [1.54, 1.807) is 35.4 Å². The molecule has 35 heavy (non-hydrogen) atoms. The van der Waals surface area contributed by atoms with Crippen molar-refractivity contribution in [3.8, 4) is 5.75 Å². The summed E-state index contributed by atoms with van der Waals surface area (Å²) in [5.41, 5.74) is 4.91. The minimum Gasteiger partial charge on any atom is -0.486 e. The Morgan fingerprint density at radius 1 is 0.971 bits per heavy atom. The number of nitrogens with one attached hydrogen (secondary N) is 1. The van der Waals surface area contributed by atoms with Gasteiger partial charge in [0.05, 0.1) is 16.8 Å². The van der Waals surface area contributed by atoms with Crippen LogP contribution in [0.3, 0.4) is 0 Å². The average Bonchev–Trinajstić information content (AvgIpc) is 3.33. The summed E-state index contributed by atoms with van der Waals surface area (Å²) in [6.07, 6.45) is 4.74. The summed E-state index contributed by atoms with van der Waals surface area (Å²) in [6.45, 7) is 0.310. The van der Waals surface area contributed by atoms with Gasteiger partial charge in [0.1, 0.15) is 12.4 Å². The maximum atomic E-state index is 12.5. The summed E-state index contributed by atoms with van der Waals surface area (Å²) in [5.74, 6) is 1.56. The van der Waals surface area contributed by atoms with Crippen LogP contribution >= 0.6 is 11.8 Å². The number of rotatable bonds is 7. The Balaban J connectivity index is 1.17. The summed E-state index contributed by atoms with van der Waals surface area (Å²) in [6, 6.07) is 11.7. The van der Waals surface area contributed by atoms with Crippen LogP contribution in [0.25, 0.3) is 11.0 Å². The second-order valence-electron chi connectivity index (χ2n) is 8.83. The Labute approximate surface area is 207 Å². The Morgan fingerprint density at radius 3 is 2.57 bits per heavy atom. The number of fused-ring (bicyclic) bond motifs is 2. The van der Waals surface area contributed by atoms with Crippen LogP contribution in [0.5, 0.6) is 5.75 Å². The molecule has 0 unspecified atom stereocenters. The number of nitrogens with zero attached hydrogens (tertiary/aromatic N) is 5. The minimum atomic E-state index is -0.162. The van der Waals surface area contributed by atoms with E-state index in [1.807, 2.05) is 23.7 Å². The molecule has 182 valence electrons. The zero-order valence-electron chi connectivity index (χ0n) is 20.1. The van der Waals surface area contributed by atoms with Crippen LogP contribution < -0.4 is 15.7 Å². The molecule has 1 amide bonds. The number of carbonyl (C=O) groups is 1. The van der Waals surface area contributed by atoms with Gasteiger partial charge in [-0.05, 0) is 67.1 Å². The molecule has 1 N–H and O–H groups in total. The molecule has 5 rings (SSSR count). The molecule has 0 saturated carbocycles. The molecule has 4 aromatic rings. The van der Waals surface area contributed by atoms with E-state index < -0.39 is 0 Å². The molecule has 0 saturated heterocycles. The molecule has 0 spiro atoms. The number of hydrogen-bond acceptors (Lipinski definition) is 6. The first-order valence-electron chi connectivity index (χ1n) is 11.6. The molecule has 0 radical (unpaired) electrons. The van der Waals surface area contributed by atoms with Crippen molar-refractivity contribution in [1.29, 1.82) is 0 Å². The quantitative estimate of drug-likeness (QED) is 0.398. The van der Waals surface area contributed by atoms with Gasteiger partial charge in [0, 0.05) is 26.8 Å². The lowest BCUT2D eigenvalue weighted by Crippen LogP contribution is -2.19. The van der Waals surface area contributed by atoms with Gasteiger partial charge in [0.25, 0.3) is 0 Å². The number of benzene rings is 2. The van der Waals surface area contributed by atoms with E-state index in [9.17, 15) is 9.59 Å². The SMILES string of the molecule is Cn1c(COc2ccc3c(c2)CCCC3)nnc1SCC(=O)Nc1ccc2c(c1)n(C)c(=O)n2C. The van der Waals surface area contributed by atoms with Gasteiger partial charge in [-0.15, -0.1) is 10.2 Å². The number of thioether (sulfide) groups is 1. The molecule has 0 fully saturated rings. The van der Waals surface area contributed by atoms with E-state index >= 15 is 0 Å². The Hall–Kier alpha value is -3.53. The summed E-state index contributed by atoms with van der Waals surface area (Å²) in [4.78, 5) is 24.6. The van der Waals surface area contributed by atoms with Gasteiger partial charge in [0.15, 0.2) is 11.0 Å². The first-order chi connectivity index (χ1) is 16.9. The first-order valence-corrected chi connectivity index (χ1v) is 12.6. The third kappa shape index (κ3) is 4.70. The molecule has 9 nitrogen and oxygen atoms in total. The van der Waals surface area contributed by atoms with Crippen LogP contribution in [0.1, 0.15) is 29.8 Å². The highest BCUT2D eigenvalue weighted by Gasteiger charge is 2.15. The number of anilines is 1. The average molecular weight is 493 g/mol. The zero-order valence-corrected chi connectivity index (χ0v) is 20.9. The third-order valence-electron chi connectivity index (χ3n) is 6.50. The second kappa shape index (κ2) is 9.61. The number of imidazole rings is 1. The van der Waals surface area contributed by atoms with Gasteiger partial charge in [-0.25, -0.2) is 4.79 Å². The minimum absolute atomic E-state index is 0.104. The summed E-state index contributed by atoms with van der Waals surface area (Å²) in [5, 5.41) is 12.0. The predicted molar refractivity (Wildman–Crippen MR) is 136 cm³/mol. The lowest BCUT2D eigenvalue weighted by Gasteiger charge is -2.16. The fraction of sp³-hybridized carbons (Fsp3) is 0.360. The lowest BCUT2D eigenvalue weighted by atomic mass is 9.92. The van der Waals surface area contributed by atoms with Crippen molar-refractivity contribution in [2.75, 3.05) is 11.1 Å². The topological polar surface area (TPSA) is 96.0 Å². The van der Waals surface area contributed by atoms with E-state index in [-0.39, 0.29) is 17.3 Å². The molecule has 0 atom stereocenters. The van der Waals surface area contributed by atoms with Gasteiger partial charge in [-0.1, -0.05) is 17.8 Å². The molecule has 2 heterocycles. The fourth-order valence-electron chi connectivity index (χ4n) is 4.46. The van der Waals surface area contributed by atoms with E-state index in [0.29, 0.717) is 23.3 Å². The fourth-order valence-corrected chi connectivity index (χ4v) is 5.19. The second-order valence-corrected chi connectivity index (χ2v) is 9.77. The van der Waals surface area contributed by atoms with Crippen molar-refractivity contribution in [3.63, 3.8) is 0 Å². The number of hydrogen-bond donors (Lipinski definition) is 1. The maximum absolute atomic E-state index is 12.5. The van der Waals surface area contributed by atoms with Gasteiger partial charge < -0.3 is 14.6 Å². The lowest BCUT2D eigenvalue weighted by molar-refractivity contribution is -0.113. The van der Waals surface area contributed by atoms with Crippen molar-refractivity contribution in [2.24, 2.45) is 21.1 Å². The molecule has 0 bridgehead atoms. The Bertz CT molecular complexity index is 1470. The van der Waals surface area contributed by atoms with Crippen molar-refractivity contribution < 1.29 is 9.53 Å².